The van der Waals surface area contributed by atoms with Crippen LogP contribution in [-0.4, -0.2) is 29.4 Å². The molecule has 0 saturated heterocycles. The van der Waals surface area contributed by atoms with Crippen LogP contribution in [0.5, 0.6) is 0 Å². The summed E-state index contributed by atoms with van der Waals surface area (Å²) in [4.78, 5) is 16.6. The highest BCUT2D eigenvalue weighted by Crippen LogP contribution is 2.05. The standard InChI is InChI=1S/C11H12FN3O/c1-8(5-13)7-15(2)11(16)9-3-4-10(12)14-6-9/h3-4,6,8H,7H2,1-2H3. The summed E-state index contributed by atoms with van der Waals surface area (Å²) in [6.07, 6.45) is 1.19. The van der Waals surface area contributed by atoms with Crippen molar-refractivity contribution >= 4 is 5.91 Å². The highest BCUT2D eigenvalue weighted by Gasteiger charge is 2.14. The van der Waals surface area contributed by atoms with Crippen molar-refractivity contribution in [1.29, 1.82) is 5.26 Å². The third-order valence-corrected chi connectivity index (χ3v) is 2.09. The lowest BCUT2D eigenvalue weighted by atomic mass is 10.2. The van der Waals surface area contributed by atoms with Crippen LogP contribution in [0.4, 0.5) is 4.39 Å². The van der Waals surface area contributed by atoms with Crippen molar-refractivity contribution in [3.05, 3.63) is 29.8 Å². The molecule has 0 aliphatic rings. The maximum atomic E-state index is 12.5. The van der Waals surface area contributed by atoms with Gasteiger partial charge in [0.1, 0.15) is 0 Å². The second-order valence-electron chi connectivity index (χ2n) is 3.59. The summed E-state index contributed by atoms with van der Waals surface area (Å²) < 4.78 is 12.5. The first-order chi connectivity index (χ1) is 7.54. The van der Waals surface area contributed by atoms with E-state index in [1.807, 2.05) is 6.07 Å². The van der Waals surface area contributed by atoms with Gasteiger partial charge in [-0.15, -0.1) is 0 Å². The number of carbonyl (C=O) groups excluding carboxylic acids is 1. The van der Waals surface area contributed by atoms with Gasteiger partial charge in [-0.2, -0.15) is 9.65 Å². The van der Waals surface area contributed by atoms with E-state index in [4.69, 9.17) is 5.26 Å². The van der Waals surface area contributed by atoms with Crippen molar-refractivity contribution in [2.75, 3.05) is 13.6 Å². The van der Waals surface area contributed by atoms with E-state index in [-0.39, 0.29) is 11.8 Å². The molecular formula is C11H12FN3O. The SMILES string of the molecule is CC(C#N)CN(C)C(=O)c1ccc(F)nc1. The molecule has 1 amide bonds. The number of nitriles is 1. The van der Waals surface area contributed by atoms with Crippen LogP contribution in [-0.2, 0) is 0 Å². The molecular weight excluding hydrogens is 209 g/mol. The number of nitrogens with zero attached hydrogens (tertiary/aromatic N) is 3. The lowest BCUT2D eigenvalue weighted by Crippen LogP contribution is -2.30. The van der Waals surface area contributed by atoms with Crippen LogP contribution >= 0.6 is 0 Å². The van der Waals surface area contributed by atoms with Gasteiger partial charge in [0.25, 0.3) is 5.91 Å². The minimum atomic E-state index is -0.621. The van der Waals surface area contributed by atoms with Crippen LogP contribution in [0.15, 0.2) is 18.3 Å². The van der Waals surface area contributed by atoms with Crippen molar-refractivity contribution in [3.63, 3.8) is 0 Å². The topological polar surface area (TPSA) is 57.0 Å². The smallest absolute Gasteiger partial charge is 0.255 e. The molecule has 1 rings (SSSR count). The zero-order valence-corrected chi connectivity index (χ0v) is 9.14. The molecule has 0 saturated carbocycles. The number of pyridine rings is 1. The normalized spacial score (nSPS) is 11.6. The first-order valence-electron chi connectivity index (χ1n) is 4.81. The average molecular weight is 221 g/mol. The fourth-order valence-electron chi connectivity index (χ4n) is 1.26. The molecule has 1 atom stereocenters. The van der Waals surface area contributed by atoms with E-state index in [1.165, 1.54) is 17.2 Å². The number of carbonyl (C=O) groups is 1. The zero-order chi connectivity index (χ0) is 12.1. The van der Waals surface area contributed by atoms with E-state index in [2.05, 4.69) is 4.98 Å². The van der Waals surface area contributed by atoms with Crippen molar-refractivity contribution < 1.29 is 9.18 Å². The lowest BCUT2D eigenvalue weighted by Gasteiger charge is -2.17. The Kier molecular flexibility index (Phi) is 3.95. The fourth-order valence-corrected chi connectivity index (χ4v) is 1.26. The average Bonchev–Trinajstić information content (AvgIpc) is 2.28. The second-order valence-corrected chi connectivity index (χ2v) is 3.59. The summed E-state index contributed by atoms with van der Waals surface area (Å²) in [5.74, 6) is -1.12. The maximum Gasteiger partial charge on any atom is 0.255 e. The van der Waals surface area contributed by atoms with Gasteiger partial charge in [-0.1, -0.05) is 0 Å². The van der Waals surface area contributed by atoms with Crippen LogP contribution in [0.2, 0.25) is 0 Å². The molecule has 16 heavy (non-hydrogen) atoms. The van der Waals surface area contributed by atoms with E-state index in [0.717, 1.165) is 6.07 Å². The third kappa shape index (κ3) is 3.02. The summed E-state index contributed by atoms with van der Waals surface area (Å²) in [7, 11) is 1.60. The summed E-state index contributed by atoms with van der Waals surface area (Å²) in [6, 6.07) is 4.55. The zero-order valence-electron chi connectivity index (χ0n) is 9.14. The molecule has 1 unspecified atom stereocenters. The predicted octanol–water partition coefficient (Wildman–Crippen LogP) is 1.45. The van der Waals surface area contributed by atoms with Crippen molar-refractivity contribution in [3.8, 4) is 6.07 Å². The number of aromatic nitrogens is 1. The maximum absolute atomic E-state index is 12.5. The van der Waals surface area contributed by atoms with Crippen LogP contribution in [0.25, 0.3) is 0 Å². The molecule has 0 N–H and O–H groups in total. The number of halogens is 1. The van der Waals surface area contributed by atoms with Gasteiger partial charge in [-0.25, -0.2) is 4.98 Å². The molecule has 0 aromatic carbocycles. The van der Waals surface area contributed by atoms with Crippen LogP contribution in [0, 0.1) is 23.2 Å². The van der Waals surface area contributed by atoms with E-state index >= 15 is 0 Å². The van der Waals surface area contributed by atoms with Crippen molar-refractivity contribution in [2.24, 2.45) is 5.92 Å². The monoisotopic (exact) mass is 221 g/mol. The minimum Gasteiger partial charge on any atom is -0.340 e. The second kappa shape index (κ2) is 5.21. The number of amides is 1. The number of rotatable bonds is 3. The Morgan fingerprint density at radius 2 is 2.38 bits per heavy atom. The first-order valence-corrected chi connectivity index (χ1v) is 4.81. The Bertz CT molecular complexity index is 410. The summed E-state index contributed by atoms with van der Waals surface area (Å²) >= 11 is 0. The quantitative estimate of drug-likeness (QED) is 0.726. The van der Waals surface area contributed by atoms with E-state index in [9.17, 15) is 9.18 Å². The highest BCUT2D eigenvalue weighted by atomic mass is 19.1. The van der Waals surface area contributed by atoms with Gasteiger partial charge < -0.3 is 4.90 Å². The van der Waals surface area contributed by atoms with Gasteiger partial charge in [0.2, 0.25) is 5.95 Å². The van der Waals surface area contributed by atoms with E-state index in [1.54, 1.807) is 14.0 Å². The molecule has 84 valence electrons. The molecule has 1 aromatic heterocycles. The molecule has 0 spiro atoms. The molecule has 0 fully saturated rings. The fraction of sp³-hybridized carbons (Fsp3) is 0.364. The minimum absolute atomic E-state index is 0.234. The molecule has 5 heteroatoms. The summed E-state index contributed by atoms with van der Waals surface area (Å²) in [6.45, 7) is 2.07. The molecule has 0 aliphatic heterocycles. The van der Waals surface area contributed by atoms with Gasteiger partial charge >= 0.3 is 0 Å². The highest BCUT2D eigenvalue weighted by molar-refractivity contribution is 5.93. The molecule has 0 aliphatic carbocycles. The Balaban J connectivity index is 2.71. The summed E-state index contributed by atoms with van der Waals surface area (Å²) in [5.41, 5.74) is 0.314. The number of hydrogen-bond donors (Lipinski definition) is 0. The van der Waals surface area contributed by atoms with E-state index in [0.29, 0.717) is 12.1 Å². The van der Waals surface area contributed by atoms with Crippen molar-refractivity contribution in [2.45, 2.75) is 6.92 Å². The Morgan fingerprint density at radius 3 is 2.88 bits per heavy atom. The van der Waals surface area contributed by atoms with Crippen LogP contribution < -0.4 is 0 Å². The van der Waals surface area contributed by atoms with Crippen LogP contribution in [0.1, 0.15) is 17.3 Å². The van der Waals surface area contributed by atoms with Gasteiger partial charge in [-0.05, 0) is 19.1 Å². The third-order valence-electron chi connectivity index (χ3n) is 2.09. The molecule has 1 aromatic rings. The molecule has 1 heterocycles. The molecule has 4 nitrogen and oxygen atoms in total. The lowest BCUT2D eigenvalue weighted by molar-refractivity contribution is 0.0784. The summed E-state index contributed by atoms with van der Waals surface area (Å²) in [5, 5.41) is 8.62. The van der Waals surface area contributed by atoms with E-state index < -0.39 is 5.95 Å². The molecule has 0 radical (unpaired) electrons. The van der Waals surface area contributed by atoms with Crippen LogP contribution in [0.3, 0.4) is 0 Å². The Morgan fingerprint density at radius 1 is 1.69 bits per heavy atom. The van der Waals surface area contributed by atoms with Crippen molar-refractivity contribution in [1.82, 2.24) is 9.88 Å². The van der Waals surface area contributed by atoms with Gasteiger partial charge in [-0.3, -0.25) is 4.79 Å². The largest absolute Gasteiger partial charge is 0.340 e. The van der Waals surface area contributed by atoms with Gasteiger partial charge in [0.15, 0.2) is 0 Å². The predicted molar refractivity (Wildman–Crippen MR) is 55.9 cm³/mol. The van der Waals surface area contributed by atoms with Gasteiger partial charge in [0, 0.05) is 19.8 Å². The van der Waals surface area contributed by atoms with Gasteiger partial charge in [0.05, 0.1) is 17.6 Å². The molecule has 0 bridgehead atoms. The Labute approximate surface area is 93.3 Å². The Hall–Kier alpha value is -1.96. The first kappa shape index (κ1) is 12.1. The number of hydrogen-bond acceptors (Lipinski definition) is 3.